The van der Waals surface area contributed by atoms with Crippen LogP contribution in [0.4, 0.5) is 17.6 Å². The largest absolute Gasteiger partial charge is 0.573 e. The molecule has 1 amide bonds. The van der Waals surface area contributed by atoms with Gasteiger partial charge in [0.15, 0.2) is 0 Å². The Morgan fingerprint density at radius 3 is 2.36 bits per heavy atom. The predicted molar refractivity (Wildman–Crippen MR) is 122 cm³/mol. The number of carboxylic acids is 1. The first-order valence-corrected chi connectivity index (χ1v) is 11.3. The first-order valence-electron chi connectivity index (χ1n) is 11.3. The lowest BCUT2D eigenvalue weighted by Crippen LogP contribution is -2.45. The second-order valence-corrected chi connectivity index (χ2v) is 8.62. The number of ether oxygens (including phenoxy) is 2. The van der Waals surface area contributed by atoms with Crippen molar-refractivity contribution in [2.24, 2.45) is 5.92 Å². The molecular formula is C26H23F4NO5. The Bertz CT molecular complexity index is 1250. The standard InChI is InChI=1S/C26H23F4NO5/c27-18-8-12-20-17(13-18)7-11-21(24(32)31-22(25(33)34)16-3-1-2-4-16)23(20)35-14-15-5-9-19(10-6-15)36-26(28,29)30/h5-13,16,22H,1-4,14H2,(H,31,32)(H,33,34). The van der Waals surface area contributed by atoms with Gasteiger partial charge in [0.2, 0.25) is 0 Å². The van der Waals surface area contributed by atoms with Crippen molar-refractivity contribution in [3.8, 4) is 11.5 Å². The Labute approximate surface area is 203 Å². The monoisotopic (exact) mass is 505 g/mol. The van der Waals surface area contributed by atoms with Crippen LogP contribution in [-0.4, -0.2) is 29.4 Å². The summed E-state index contributed by atoms with van der Waals surface area (Å²) >= 11 is 0. The number of carboxylic acid groups (broad SMARTS) is 1. The van der Waals surface area contributed by atoms with Gasteiger partial charge in [-0.15, -0.1) is 13.2 Å². The van der Waals surface area contributed by atoms with Crippen molar-refractivity contribution in [1.29, 1.82) is 0 Å². The van der Waals surface area contributed by atoms with Gasteiger partial charge in [-0.05, 0) is 66.1 Å². The van der Waals surface area contributed by atoms with Gasteiger partial charge in [0.25, 0.3) is 5.91 Å². The van der Waals surface area contributed by atoms with Crippen LogP contribution in [0, 0.1) is 11.7 Å². The molecule has 0 aromatic heterocycles. The zero-order valence-electron chi connectivity index (χ0n) is 19.0. The molecule has 4 rings (SSSR count). The summed E-state index contributed by atoms with van der Waals surface area (Å²) in [7, 11) is 0. The molecule has 0 heterocycles. The first-order chi connectivity index (χ1) is 17.1. The maximum Gasteiger partial charge on any atom is 0.573 e. The van der Waals surface area contributed by atoms with Crippen LogP contribution in [0.15, 0.2) is 54.6 Å². The maximum absolute atomic E-state index is 13.8. The summed E-state index contributed by atoms with van der Waals surface area (Å²) in [5, 5.41) is 13.2. The highest BCUT2D eigenvalue weighted by Crippen LogP contribution is 2.33. The molecule has 1 saturated carbocycles. The third kappa shape index (κ3) is 6.05. The van der Waals surface area contributed by atoms with Gasteiger partial charge in [-0.1, -0.05) is 31.0 Å². The van der Waals surface area contributed by atoms with Crippen molar-refractivity contribution in [1.82, 2.24) is 5.32 Å². The van der Waals surface area contributed by atoms with E-state index in [2.05, 4.69) is 10.1 Å². The highest BCUT2D eigenvalue weighted by Gasteiger charge is 2.33. The van der Waals surface area contributed by atoms with E-state index in [0.717, 1.165) is 25.0 Å². The van der Waals surface area contributed by atoms with E-state index in [9.17, 15) is 32.3 Å². The molecule has 190 valence electrons. The summed E-state index contributed by atoms with van der Waals surface area (Å²) in [6.07, 6.45) is -1.62. The predicted octanol–water partition coefficient (Wildman–Crippen LogP) is 5.83. The fourth-order valence-electron chi connectivity index (χ4n) is 4.44. The smallest absolute Gasteiger partial charge is 0.487 e. The van der Waals surface area contributed by atoms with Gasteiger partial charge >= 0.3 is 12.3 Å². The number of carbonyl (C=O) groups excluding carboxylic acids is 1. The number of amides is 1. The number of fused-ring (bicyclic) bond motifs is 1. The van der Waals surface area contributed by atoms with E-state index in [1.165, 1.54) is 42.5 Å². The molecule has 0 aliphatic heterocycles. The van der Waals surface area contributed by atoms with Crippen LogP contribution >= 0.6 is 0 Å². The van der Waals surface area contributed by atoms with Gasteiger partial charge in [0, 0.05) is 5.39 Å². The van der Waals surface area contributed by atoms with Crippen molar-refractivity contribution in [3.05, 3.63) is 71.5 Å². The van der Waals surface area contributed by atoms with Crippen LogP contribution in [0.5, 0.6) is 11.5 Å². The molecule has 0 radical (unpaired) electrons. The van der Waals surface area contributed by atoms with Crippen LogP contribution in [0.3, 0.4) is 0 Å². The van der Waals surface area contributed by atoms with Crippen LogP contribution < -0.4 is 14.8 Å². The van der Waals surface area contributed by atoms with E-state index in [1.807, 2.05) is 0 Å². The molecule has 36 heavy (non-hydrogen) atoms. The van der Waals surface area contributed by atoms with Gasteiger partial charge in [-0.3, -0.25) is 4.79 Å². The zero-order chi connectivity index (χ0) is 25.9. The van der Waals surface area contributed by atoms with Crippen molar-refractivity contribution >= 4 is 22.6 Å². The number of carbonyl (C=O) groups is 2. The van der Waals surface area contributed by atoms with Gasteiger partial charge in [0.05, 0.1) is 5.56 Å². The van der Waals surface area contributed by atoms with E-state index in [1.54, 1.807) is 0 Å². The molecule has 3 aromatic rings. The fourth-order valence-corrected chi connectivity index (χ4v) is 4.44. The molecule has 1 atom stereocenters. The second kappa shape index (κ2) is 10.4. The van der Waals surface area contributed by atoms with Crippen LogP contribution in [0.2, 0.25) is 0 Å². The number of rotatable bonds is 8. The molecule has 10 heteroatoms. The third-order valence-electron chi connectivity index (χ3n) is 6.14. The number of benzene rings is 3. The molecule has 0 saturated heterocycles. The first kappa shape index (κ1) is 25.3. The van der Waals surface area contributed by atoms with Crippen LogP contribution in [-0.2, 0) is 11.4 Å². The second-order valence-electron chi connectivity index (χ2n) is 8.62. The fraction of sp³-hybridized carbons (Fsp3) is 0.308. The molecule has 6 nitrogen and oxygen atoms in total. The van der Waals surface area contributed by atoms with Crippen molar-refractivity contribution in [2.45, 2.75) is 44.7 Å². The topological polar surface area (TPSA) is 84.9 Å². The van der Waals surface area contributed by atoms with Gasteiger partial charge < -0.3 is 19.9 Å². The summed E-state index contributed by atoms with van der Waals surface area (Å²) in [5.41, 5.74) is 0.555. The molecular weight excluding hydrogens is 482 g/mol. The van der Waals surface area contributed by atoms with Crippen molar-refractivity contribution in [2.75, 3.05) is 0 Å². The Hall–Kier alpha value is -3.82. The van der Waals surface area contributed by atoms with Gasteiger partial charge in [-0.2, -0.15) is 0 Å². The average Bonchev–Trinajstić information content (AvgIpc) is 3.35. The van der Waals surface area contributed by atoms with E-state index in [-0.39, 0.29) is 23.8 Å². The molecule has 0 spiro atoms. The molecule has 2 N–H and O–H groups in total. The molecule has 1 fully saturated rings. The minimum atomic E-state index is -4.81. The number of hydrogen-bond acceptors (Lipinski definition) is 4. The van der Waals surface area contributed by atoms with E-state index < -0.39 is 35.8 Å². The Morgan fingerprint density at radius 2 is 1.72 bits per heavy atom. The number of nitrogens with one attached hydrogen (secondary N) is 1. The Morgan fingerprint density at radius 1 is 1.03 bits per heavy atom. The molecule has 1 aliphatic carbocycles. The number of hydrogen-bond donors (Lipinski definition) is 2. The normalized spacial score (nSPS) is 15.0. The summed E-state index contributed by atoms with van der Waals surface area (Å²) in [6, 6.07) is 10.9. The van der Waals surface area contributed by atoms with Crippen molar-refractivity contribution in [3.63, 3.8) is 0 Å². The van der Waals surface area contributed by atoms with Gasteiger partial charge in [0.1, 0.15) is 30.0 Å². The number of alkyl halides is 3. The van der Waals surface area contributed by atoms with E-state index in [4.69, 9.17) is 4.74 Å². The lowest BCUT2D eigenvalue weighted by Gasteiger charge is -2.22. The Kier molecular flexibility index (Phi) is 7.32. The number of halogens is 4. The van der Waals surface area contributed by atoms with Gasteiger partial charge in [-0.25, -0.2) is 9.18 Å². The SMILES string of the molecule is O=C(NC(C(=O)O)C1CCCC1)c1ccc2cc(F)ccc2c1OCc1ccc(OC(F)(F)F)cc1. The summed E-state index contributed by atoms with van der Waals surface area (Å²) in [4.78, 5) is 25.0. The molecule has 3 aromatic carbocycles. The molecule has 1 aliphatic rings. The highest BCUT2D eigenvalue weighted by molar-refractivity contribution is 6.05. The third-order valence-corrected chi connectivity index (χ3v) is 6.14. The zero-order valence-corrected chi connectivity index (χ0v) is 19.0. The number of aliphatic carboxylic acids is 1. The molecule has 1 unspecified atom stereocenters. The minimum Gasteiger partial charge on any atom is -0.487 e. The lowest BCUT2D eigenvalue weighted by molar-refractivity contribution is -0.274. The van der Waals surface area contributed by atoms with E-state index in [0.29, 0.717) is 29.2 Å². The quantitative estimate of drug-likeness (QED) is 0.377. The van der Waals surface area contributed by atoms with Crippen LogP contribution in [0.25, 0.3) is 10.8 Å². The summed E-state index contributed by atoms with van der Waals surface area (Å²) in [6.45, 7) is -0.117. The minimum absolute atomic E-state index is 0.0652. The summed E-state index contributed by atoms with van der Waals surface area (Å²) in [5.74, 6) is -2.72. The maximum atomic E-state index is 13.8. The molecule has 0 bridgehead atoms. The Balaban J connectivity index is 1.60. The lowest BCUT2D eigenvalue weighted by atomic mass is 9.97. The highest BCUT2D eigenvalue weighted by atomic mass is 19.4. The summed E-state index contributed by atoms with van der Waals surface area (Å²) < 4.78 is 60.8. The van der Waals surface area contributed by atoms with Crippen molar-refractivity contribution < 1.29 is 41.7 Å². The average molecular weight is 505 g/mol. The van der Waals surface area contributed by atoms with E-state index >= 15 is 0 Å². The van der Waals surface area contributed by atoms with Crippen LogP contribution in [0.1, 0.15) is 41.6 Å².